The predicted octanol–water partition coefficient (Wildman–Crippen LogP) is 1.53. The van der Waals surface area contributed by atoms with Gasteiger partial charge in [0.25, 0.3) is 5.91 Å². The molecule has 0 saturated carbocycles. The molecule has 116 valence electrons. The van der Waals surface area contributed by atoms with Crippen LogP contribution in [0.15, 0.2) is 18.6 Å². The molecule has 1 saturated heterocycles. The number of likely N-dealkylation sites (tertiary alicyclic amines) is 1. The quantitative estimate of drug-likeness (QED) is 0.897. The van der Waals surface area contributed by atoms with Gasteiger partial charge in [-0.25, -0.2) is 9.97 Å². The molecule has 1 aliphatic rings. The number of anilines is 1. The molecule has 0 radical (unpaired) electrons. The number of carbonyl (C=O) groups excluding carboxylic acids is 1. The minimum Gasteiger partial charge on any atom is -0.367 e. The summed E-state index contributed by atoms with van der Waals surface area (Å²) in [5.74, 6) is 0.908. The smallest absolute Gasteiger partial charge is 0.257 e. The Labute approximate surface area is 129 Å². The van der Waals surface area contributed by atoms with E-state index >= 15 is 0 Å². The molecule has 2 aromatic rings. The monoisotopic (exact) mass is 300 g/mol. The number of aromatic nitrogens is 4. The Hall–Kier alpha value is -2.44. The summed E-state index contributed by atoms with van der Waals surface area (Å²) in [7, 11) is 0. The van der Waals surface area contributed by atoms with Gasteiger partial charge in [-0.2, -0.15) is 5.10 Å². The van der Waals surface area contributed by atoms with E-state index in [0.29, 0.717) is 11.6 Å². The summed E-state index contributed by atoms with van der Waals surface area (Å²) >= 11 is 0. The molecule has 0 bridgehead atoms. The van der Waals surface area contributed by atoms with Gasteiger partial charge in [-0.3, -0.25) is 9.89 Å². The van der Waals surface area contributed by atoms with Crippen LogP contribution in [0.2, 0.25) is 0 Å². The van der Waals surface area contributed by atoms with Crippen molar-refractivity contribution in [2.75, 3.05) is 18.4 Å². The van der Waals surface area contributed by atoms with E-state index in [0.717, 1.165) is 43.1 Å². The number of aryl methyl sites for hydroxylation is 2. The van der Waals surface area contributed by atoms with Gasteiger partial charge in [-0.15, -0.1) is 0 Å². The van der Waals surface area contributed by atoms with Crippen LogP contribution in [0.5, 0.6) is 0 Å². The minimum absolute atomic E-state index is 0.0734. The Kier molecular flexibility index (Phi) is 4.04. The highest BCUT2D eigenvalue weighted by Crippen LogP contribution is 2.19. The zero-order chi connectivity index (χ0) is 15.5. The standard InChI is InChI=1S/C15H20N6O/c1-10-14(11(2)20-19-10)15(22)21-7-4-12(5-8-21)18-13-3-6-16-9-17-13/h3,6,9,12H,4-5,7-8H2,1-2H3,(H,19,20)(H,16,17,18). The highest BCUT2D eigenvalue weighted by molar-refractivity contribution is 5.96. The van der Waals surface area contributed by atoms with Crippen LogP contribution in [0.3, 0.4) is 0 Å². The van der Waals surface area contributed by atoms with E-state index in [2.05, 4.69) is 25.5 Å². The highest BCUT2D eigenvalue weighted by atomic mass is 16.2. The average molecular weight is 300 g/mol. The van der Waals surface area contributed by atoms with Gasteiger partial charge >= 0.3 is 0 Å². The molecule has 0 aliphatic carbocycles. The summed E-state index contributed by atoms with van der Waals surface area (Å²) in [6.07, 6.45) is 5.07. The first kappa shape index (κ1) is 14.5. The van der Waals surface area contributed by atoms with Gasteiger partial charge in [0.15, 0.2) is 0 Å². The van der Waals surface area contributed by atoms with E-state index in [-0.39, 0.29) is 5.91 Å². The first-order valence-electron chi connectivity index (χ1n) is 7.48. The van der Waals surface area contributed by atoms with Crippen molar-refractivity contribution in [1.29, 1.82) is 0 Å². The van der Waals surface area contributed by atoms with Crippen molar-refractivity contribution in [1.82, 2.24) is 25.1 Å². The fourth-order valence-corrected chi connectivity index (χ4v) is 2.84. The number of H-pyrrole nitrogens is 1. The highest BCUT2D eigenvalue weighted by Gasteiger charge is 2.26. The maximum absolute atomic E-state index is 12.6. The van der Waals surface area contributed by atoms with Crippen LogP contribution >= 0.6 is 0 Å². The van der Waals surface area contributed by atoms with E-state index in [1.807, 2.05) is 24.8 Å². The summed E-state index contributed by atoms with van der Waals surface area (Å²) in [5.41, 5.74) is 2.31. The predicted molar refractivity (Wildman–Crippen MR) is 82.6 cm³/mol. The summed E-state index contributed by atoms with van der Waals surface area (Å²) in [6, 6.07) is 2.20. The Morgan fingerprint density at radius 1 is 1.36 bits per heavy atom. The van der Waals surface area contributed by atoms with Crippen LogP contribution in [0.1, 0.15) is 34.6 Å². The van der Waals surface area contributed by atoms with Gasteiger partial charge < -0.3 is 10.2 Å². The number of piperidine rings is 1. The van der Waals surface area contributed by atoms with Gasteiger partial charge in [0, 0.05) is 31.0 Å². The number of rotatable bonds is 3. The molecule has 2 N–H and O–H groups in total. The second-order valence-electron chi connectivity index (χ2n) is 5.61. The molecule has 0 aromatic carbocycles. The molecule has 3 heterocycles. The average Bonchev–Trinajstić information content (AvgIpc) is 2.87. The molecule has 0 atom stereocenters. The maximum Gasteiger partial charge on any atom is 0.257 e. The van der Waals surface area contributed by atoms with E-state index < -0.39 is 0 Å². The molecule has 0 spiro atoms. The third kappa shape index (κ3) is 2.93. The Balaban J connectivity index is 1.59. The number of nitrogens with one attached hydrogen (secondary N) is 2. The van der Waals surface area contributed by atoms with Gasteiger partial charge in [0.2, 0.25) is 0 Å². The molecular formula is C15H20N6O. The second kappa shape index (κ2) is 6.13. The molecule has 22 heavy (non-hydrogen) atoms. The van der Waals surface area contributed by atoms with E-state index in [1.165, 1.54) is 6.33 Å². The molecule has 1 fully saturated rings. The van der Waals surface area contributed by atoms with Crippen molar-refractivity contribution in [3.8, 4) is 0 Å². The van der Waals surface area contributed by atoms with Crippen LogP contribution in [0, 0.1) is 13.8 Å². The maximum atomic E-state index is 12.6. The summed E-state index contributed by atoms with van der Waals surface area (Å²) in [5, 5.41) is 10.4. The first-order valence-corrected chi connectivity index (χ1v) is 7.48. The van der Waals surface area contributed by atoms with Crippen LogP contribution in [-0.2, 0) is 0 Å². The number of carbonyl (C=O) groups is 1. The first-order chi connectivity index (χ1) is 10.6. The van der Waals surface area contributed by atoms with E-state index in [4.69, 9.17) is 0 Å². The fourth-order valence-electron chi connectivity index (χ4n) is 2.84. The molecule has 0 unspecified atom stereocenters. The van der Waals surface area contributed by atoms with Crippen molar-refractivity contribution in [3.63, 3.8) is 0 Å². The number of amides is 1. The van der Waals surface area contributed by atoms with Crippen molar-refractivity contribution in [3.05, 3.63) is 35.5 Å². The van der Waals surface area contributed by atoms with Crippen molar-refractivity contribution in [2.24, 2.45) is 0 Å². The zero-order valence-electron chi connectivity index (χ0n) is 12.8. The number of aromatic amines is 1. The SMILES string of the molecule is Cc1n[nH]c(C)c1C(=O)N1CCC(Nc2ccncn2)CC1. The molecule has 3 rings (SSSR count). The minimum atomic E-state index is 0.0734. The van der Waals surface area contributed by atoms with E-state index in [1.54, 1.807) is 6.20 Å². The third-order valence-electron chi connectivity index (χ3n) is 4.06. The number of hydrogen-bond acceptors (Lipinski definition) is 5. The van der Waals surface area contributed by atoms with Crippen molar-refractivity contribution >= 4 is 11.7 Å². The second-order valence-corrected chi connectivity index (χ2v) is 5.61. The van der Waals surface area contributed by atoms with Gasteiger partial charge in [-0.05, 0) is 32.8 Å². The summed E-state index contributed by atoms with van der Waals surface area (Å²) in [6.45, 7) is 5.23. The van der Waals surface area contributed by atoms with E-state index in [9.17, 15) is 4.79 Å². The molecule has 1 aliphatic heterocycles. The lowest BCUT2D eigenvalue weighted by molar-refractivity contribution is 0.0717. The summed E-state index contributed by atoms with van der Waals surface area (Å²) in [4.78, 5) is 22.6. The molecular weight excluding hydrogens is 280 g/mol. The molecule has 2 aromatic heterocycles. The topological polar surface area (TPSA) is 86.8 Å². The van der Waals surface area contributed by atoms with Crippen molar-refractivity contribution < 1.29 is 4.79 Å². The summed E-state index contributed by atoms with van der Waals surface area (Å²) < 4.78 is 0. The molecule has 7 heteroatoms. The largest absolute Gasteiger partial charge is 0.367 e. The number of nitrogens with zero attached hydrogens (tertiary/aromatic N) is 4. The lowest BCUT2D eigenvalue weighted by atomic mass is 10.0. The Morgan fingerprint density at radius 3 is 2.73 bits per heavy atom. The molecule has 1 amide bonds. The van der Waals surface area contributed by atoms with Crippen LogP contribution < -0.4 is 5.32 Å². The fraction of sp³-hybridized carbons (Fsp3) is 0.467. The molecule has 7 nitrogen and oxygen atoms in total. The normalized spacial score (nSPS) is 15.8. The third-order valence-corrected chi connectivity index (χ3v) is 4.06. The Bertz CT molecular complexity index is 626. The number of hydrogen-bond donors (Lipinski definition) is 2. The van der Waals surface area contributed by atoms with Crippen LogP contribution in [-0.4, -0.2) is 50.1 Å². The van der Waals surface area contributed by atoms with Gasteiger partial charge in [0.1, 0.15) is 12.1 Å². The van der Waals surface area contributed by atoms with Gasteiger partial charge in [-0.1, -0.05) is 0 Å². The lowest BCUT2D eigenvalue weighted by Gasteiger charge is -2.32. The zero-order valence-corrected chi connectivity index (χ0v) is 12.8. The Morgan fingerprint density at radius 2 is 2.14 bits per heavy atom. The van der Waals surface area contributed by atoms with Crippen molar-refractivity contribution in [2.45, 2.75) is 32.7 Å². The van der Waals surface area contributed by atoms with Crippen LogP contribution in [0.4, 0.5) is 5.82 Å². The van der Waals surface area contributed by atoms with Gasteiger partial charge in [0.05, 0.1) is 11.3 Å². The lowest BCUT2D eigenvalue weighted by Crippen LogP contribution is -2.42. The van der Waals surface area contributed by atoms with Crippen LogP contribution in [0.25, 0.3) is 0 Å².